The van der Waals surface area contributed by atoms with Gasteiger partial charge in [-0.3, -0.25) is 0 Å². The normalized spacial score (nSPS) is 13.9. The van der Waals surface area contributed by atoms with E-state index in [1.807, 2.05) is 24.3 Å². The number of aryl methyl sites for hydroxylation is 1. The average molecular weight is 434 g/mol. The zero-order valence-corrected chi connectivity index (χ0v) is 18.8. The third kappa shape index (κ3) is 5.46. The molecular formula is C22H28ClN3O2S. The van der Waals surface area contributed by atoms with Gasteiger partial charge in [0, 0.05) is 43.4 Å². The largest absolute Gasteiger partial charge is 0.493 e. The monoisotopic (exact) mass is 433 g/mol. The molecular weight excluding hydrogens is 406 g/mol. The van der Waals surface area contributed by atoms with Gasteiger partial charge in [-0.2, -0.15) is 0 Å². The molecule has 1 N–H and O–H groups in total. The Morgan fingerprint density at radius 1 is 1.03 bits per heavy atom. The number of nitrogens with one attached hydrogen (secondary N) is 1. The fourth-order valence-corrected chi connectivity index (χ4v) is 3.99. The third-order valence-corrected chi connectivity index (χ3v) is 5.85. The van der Waals surface area contributed by atoms with Gasteiger partial charge < -0.3 is 24.6 Å². The minimum absolute atomic E-state index is 0.743. The molecule has 0 radical (unpaired) electrons. The predicted molar refractivity (Wildman–Crippen MR) is 124 cm³/mol. The number of hydrogen-bond donors (Lipinski definition) is 1. The maximum atomic E-state index is 6.18. The van der Waals surface area contributed by atoms with E-state index >= 15 is 0 Å². The summed E-state index contributed by atoms with van der Waals surface area (Å²) in [6, 6.07) is 12.1. The molecule has 7 heteroatoms. The van der Waals surface area contributed by atoms with Crippen LogP contribution in [0.2, 0.25) is 5.02 Å². The van der Waals surface area contributed by atoms with Gasteiger partial charge in [-0.25, -0.2) is 0 Å². The SMILES string of the molecule is COc1ccc(CCNC(=S)N2CCN(c3cc(Cl)ccc3C)CC2)cc1OC. The van der Waals surface area contributed by atoms with E-state index in [0.717, 1.165) is 60.8 Å². The molecule has 1 aliphatic rings. The molecule has 1 fully saturated rings. The van der Waals surface area contributed by atoms with Crippen LogP contribution >= 0.6 is 23.8 Å². The molecule has 0 amide bonds. The standard InChI is InChI=1S/C22H28ClN3O2S/c1-16-4-6-18(23)15-19(16)25-10-12-26(13-11-25)22(29)24-9-8-17-5-7-20(27-2)21(14-17)28-3/h4-7,14-15H,8-13H2,1-3H3,(H,24,29). The number of halogens is 1. The maximum absolute atomic E-state index is 6.18. The van der Waals surface area contributed by atoms with E-state index in [2.05, 4.69) is 34.2 Å². The molecule has 0 spiro atoms. The lowest BCUT2D eigenvalue weighted by Gasteiger charge is -2.38. The Kier molecular flexibility index (Phi) is 7.45. The second-order valence-electron chi connectivity index (χ2n) is 7.08. The van der Waals surface area contributed by atoms with E-state index in [1.54, 1.807) is 14.2 Å². The van der Waals surface area contributed by atoms with Gasteiger partial charge in [0.2, 0.25) is 0 Å². The van der Waals surface area contributed by atoms with Crippen molar-refractivity contribution in [2.45, 2.75) is 13.3 Å². The molecule has 2 aromatic carbocycles. The summed E-state index contributed by atoms with van der Waals surface area (Å²) >= 11 is 11.8. The zero-order chi connectivity index (χ0) is 20.8. The number of benzene rings is 2. The van der Waals surface area contributed by atoms with Crippen LogP contribution in [0.25, 0.3) is 0 Å². The van der Waals surface area contributed by atoms with Gasteiger partial charge in [0.1, 0.15) is 0 Å². The highest BCUT2D eigenvalue weighted by Gasteiger charge is 2.20. The van der Waals surface area contributed by atoms with E-state index in [1.165, 1.54) is 16.8 Å². The van der Waals surface area contributed by atoms with E-state index in [-0.39, 0.29) is 0 Å². The molecule has 2 aromatic rings. The quantitative estimate of drug-likeness (QED) is 0.696. The number of piperazine rings is 1. The summed E-state index contributed by atoms with van der Waals surface area (Å²) in [7, 11) is 3.30. The van der Waals surface area contributed by atoms with Gasteiger partial charge in [0.25, 0.3) is 0 Å². The van der Waals surface area contributed by atoms with Crippen molar-refractivity contribution < 1.29 is 9.47 Å². The second-order valence-corrected chi connectivity index (χ2v) is 7.90. The first-order valence-electron chi connectivity index (χ1n) is 9.76. The van der Waals surface area contributed by atoms with Crippen LogP contribution in [0.3, 0.4) is 0 Å². The van der Waals surface area contributed by atoms with Gasteiger partial charge >= 0.3 is 0 Å². The van der Waals surface area contributed by atoms with Crippen molar-refractivity contribution in [1.82, 2.24) is 10.2 Å². The van der Waals surface area contributed by atoms with Crippen molar-refractivity contribution in [3.05, 3.63) is 52.5 Å². The molecule has 29 heavy (non-hydrogen) atoms. The van der Waals surface area contributed by atoms with Gasteiger partial charge in [-0.15, -0.1) is 0 Å². The fourth-order valence-electron chi connectivity index (χ4n) is 3.54. The van der Waals surface area contributed by atoms with Crippen molar-refractivity contribution in [3.8, 4) is 11.5 Å². The van der Waals surface area contributed by atoms with Crippen molar-refractivity contribution in [2.75, 3.05) is 51.8 Å². The van der Waals surface area contributed by atoms with Crippen LogP contribution in [-0.2, 0) is 6.42 Å². The highest BCUT2D eigenvalue weighted by molar-refractivity contribution is 7.80. The average Bonchev–Trinajstić information content (AvgIpc) is 2.75. The summed E-state index contributed by atoms with van der Waals surface area (Å²) in [5.41, 5.74) is 3.64. The van der Waals surface area contributed by atoms with E-state index in [0.29, 0.717) is 0 Å². The van der Waals surface area contributed by atoms with Crippen molar-refractivity contribution in [3.63, 3.8) is 0 Å². The van der Waals surface area contributed by atoms with Crippen LogP contribution in [0.4, 0.5) is 5.69 Å². The predicted octanol–water partition coefficient (Wildman–Crippen LogP) is 3.90. The topological polar surface area (TPSA) is 37.0 Å². The summed E-state index contributed by atoms with van der Waals surface area (Å²) < 4.78 is 10.7. The number of thiocarbonyl (C=S) groups is 1. The van der Waals surface area contributed by atoms with Gasteiger partial charge in [-0.05, 0) is 61.0 Å². The molecule has 1 heterocycles. The molecule has 1 saturated heterocycles. The molecule has 156 valence electrons. The summed E-state index contributed by atoms with van der Waals surface area (Å²) in [6.45, 7) is 6.56. The molecule has 0 saturated carbocycles. The fraction of sp³-hybridized carbons (Fsp3) is 0.409. The second kappa shape index (κ2) is 10.0. The molecule has 1 aliphatic heterocycles. The van der Waals surface area contributed by atoms with E-state index in [4.69, 9.17) is 33.3 Å². The van der Waals surface area contributed by atoms with Gasteiger partial charge in [-0.1, -0.05) is 23.7 Å². The molecule has 0 aliphatic carbocycles. The molecule has 0 atom stereocenters. The lowest BCUT2D eigenvalue weighted by molar-refractivity contribution is 0.354. The van der Waals surface area contributed by atoms with Crippen LogP contribution in [0.1, 0.15) is 11.1 Å². The number of ether oxygens (including phenoxy) is 2. The Bertz CT molecular complexity index is 854. The lowest BCUT2D eigenvalue weighted by Crippen LogP contribution is -2.52. The summed E-state index contributed by atoms with van der Waals surface area (Å²) in [5, 5.41) is 4.98. The summed E-state index contributed by atoms with van der Waals surface area (Å²) in [4.78, 5) is 4.62. The van der Waals surface area contributed by atoms with Crippen molar-refractivity contribution in [1.29, 1.82) is 0 Å². The number of anilines is 1. The minimum atomic E-state index is 0.743. The summed E-state index contributed by atoms with van der Waals surface area (Å²) in [5.74, 6) is 1.49. The van der Waals surface area contributed by atoms with Crippen LogP contribution < -0.4 is 19.7 Å². The third-order valence-electron chi connectivity index (χ3n) is 5.22. The van der Waals surface area contributed by atoms with Crippen LogP contribution in [0.5, 0.6) is 11.5 Å². The van der Waals surface area contributed by atoms with Crippen molar-refractivity contribution >= 4 is 34.6 Å². The minimum Gasteiger partial charge on any atom is -0.493 e. The van der Waals surface area contributed by atoms with Crippen LogP contribution in [-0.4, -0.2) is 57.0 Å². The Hall–Kier alpha value is -2.18. The number of nitrogens with zero attached hydrogens (tertiary/aromatic N) is 2. The molecule has 0 unspecified atom stereocenters. The Morgan fingerprint density at radius 2 is 1.76 bits per heavy atom. The maximum Gasteiger partial charge on any atom is 0.169 e. The summed E-state index contributed by atoms with van der Waals surface area (Å²) in [6.07, 6.45) is 0.863. The highest BCUT2D eigenvalue weighted by Crippen LogP contribution is 2.28. The number of methoxy groups -OCH3 is 2. The van der Waals surface area contributed by atoms with E-state index < -0.39 is 0 Å². The molecule has 0 bridgehead atoms. The lowest BCUT2D eigenvalue weighted by atomic mass is 10.1. The van der Waals surface area contributed by atoms with Crippen LogP contribution in [0.15, 0.2) is 36.4 Å². The van der Waals surface area contributed by atoms with Crippen molar-refractivity contribution in [2.24, 2.45) is 0 Å². The number of rotatable bonds is 6. The first-order valence-corrected chi connectivity index (χ1v) is 10.5. The molecule has 5 nitrogen and oxygen atoms in total. The van der Waals surface area contributed by atoms with E-state index in [9.17, 15) is 0 Å². The molecule has 0 aromatic heterocycles. The van der Waals surface area contributed by atoms with Crippen LogP contribution in [0, 0.1) is 6.92 Å². The smallest absolute Gasteiger partial charge is 0.169 e. The first kappa shape index (κ1) is 21.5. The Balaban J connectivity index is 1.47. The molecule has 3 rings (SSSR count). The first-order chi connectivity index (χ1) is 14.0. The number of hydrogen-bond acceptors (Lipinski definition) is 4. The van der Waals surface area contributed by atoms with Gasteiger partial charge in [0.15, 0.2) is 16.6 Å². The van der Waals surface area contributed by atoms with Gasteiger partial charge in [0.05, 0.1) is 14.2 Å². The Morgan fingerprint density at radius 3 is 2.45 bits per heavy atom. The zero-order valence-electron chi connectivity index (χ0n) is 17.2. The highest BCUT2D eigenvalue weighted by atomic mass is 35.5. The Labute approximate surface area is 183 Å².